The third kappa shape index (κ3) is 1.94. The molecule has 0 bridgehead atoms. The first-order valence-electron chi connectivity index (χ1n) is 3.83. The number of halogens is 2. The van der Waals surface area contributed by atoms with Gasteiger partial charge in [-0.2, -0.15) is 0 Å². The van der Waals surface area contributed by atoms with E-state index in [2.05, 4.69) is 0 Å². The molecule has 1 atom stereocenters. The highest BCUT2D eigenvalue weighted by atomic mass is 35.5. The fourth-order valence-corrected chi connectivity index (χ4v) is 1.51. The monoisotopic (exact) mass is 233 g/mol. The second-order valence-corrected chi connectivity index (χ2v) is 3.49. The molecule has 1 aromatic rings. The van der Waals surface area contributed by atoms with Crippen LogP contribution in [0.25, 0.3) is 0 Å². The Kier molecular flexibility index (Phi) is 3.61. The van der Waals surface area contributed by atoms with Crippen LogP contribution in [0.15, 0.2) is 12.1 Å². The van der Waals surface area contributed by atoms with E-state index in [-0.39, 0.29) is 5.69 Å². The van der Waals surface area contributed by atoms with E-state index in [1.807, 2.05) is 0 Å². The molecule has 0 radical (unpaired) electrons. The average molecular weight is 234 g/mol. The normalized spacial score (nSPS) is 12.2. The second kappa shape index (κ2) is 4.53. The minimum Gasteiger partial charge on any atom is -0.496 e. The lowest BCUT2D eigenvalue weighted by Crippen LogP contribution is -2.02. The quantitative estimate of drug-likeness (QED) is 0.496. The lowest BCUT2D eigenvalue weighted by Gasteiger charge is -2.13. The van der Waals surface area contributed by atoms with Gasteiger partial charge in [-0.15, -0.1) is 11.6 Å². The van der Waals surface area contributed by atoms with Crippen LogP contribution in [-0.4, -0.2) is 13.4 Å². The van der Waals surface area contributed by atoms with Gasteiger partial charge < -0.3 is 15.3 Å². The highest BCUT2D eigenvalue weighted by Gasteiger charge is 2.17. The van der Waals surface area contributed by atoms with Gasteiger partial charge in [0.2, 0.25) is 0 Å². The largest absolute Gasteiger partial charge is 0.496 e. The van der Waals surface area contributed by atoms with Crippen LogP contribution in [0.3, 0.4) is 0 Å². The molecule has 0 fully saturated rings. The average Bonchev–Trinajstić information content (AvgIpc) is 2.20. The molecule has 0 saturated carbocycles. The first-order valence-corrected chi connectivity index (χ1v) is 4.64. The van der Waals surface area contributed by atoms with Crippen LogP contribution >= 0.6 is 23.2 Å². The number of rotatable bonds is 3. The maximum absolute atomic E-state index is 10.6. The summed E-state index contributed by atoms with van der Waals surface area (Å²) in [6.07, 6.45) is 0.575. The number of benzene rings is 1. The molecule has 0 aliphatic heterocycles. The Bertz CT molecular complexity index is 355. The van der Waals surface area contributed by atoms with E-state index >= 15 is 0 Å². The van der Waals surface area contributed by atoms with Crippen molar-refractivity contribution >= 4 is 35.2 Å². The smallest absolute Gasteiger partial charge is 0.142 e. The minimum absolute atomic E-state index is 0.276. The van der Waals surface area contributed by atoms with Crippen LogP contribution in [-0.2, 0) is 4.79 Å². The van der Waals surface area contributed by atoms with Crippen molar-refractivity contribution in [1.82, 2.24) is 0 Å². The molecule has 1 aromatic carbocycles. The Morgan fingerprint density at radius 2 is 2.21 bits per heavy atom. The molecule has 0 spiro atoms. The predicted molar refractivity (Wildman–Crippen MR) is 57.1 cm³/mol. The summed E-state index contributed by atoms with van der Waals surface area (Å²) in [5.74, 6) is 0.457. The fraction of sp³-hybridized carbons (Fsp3) is 0.222. The molecule has 3 nitrogen and oxygen atoms in total. The molecule has 0 aliphatic carbocycles. The van der Waals surface area contributed by atoms with Crippen molar-refractivity contribution in [2.24, 2.45) is 0 Å². The molecule has 0 aliphatic rings. The molecule has 0 heterocycles. The summed E-state index contributed by atoms with van der Waals surface area (Å²) in [7, 11) is 1.47. The van der Waals surface area contributed by atoms with Gasteiger partial charge in [0.15, 0.2) is 0 Å². The topological polar surface area (TPSA) is 52.3 Å². The van der Waals surface area contributed by atoms with E-state index in [1.165, 1.54) is 7.11 Å². The standard InChI is InChI=1S/C9H9Cl2NO2/c1-14-7-3-2-5(10)9(12)8(7)6(11)4-13/h2-4,6H,12H2,1H3. The number of carbonyl (C=O) groups is 1. The van der Waals surface area contributed by atoms with Gasteiger partial charge in [0.25, 0.3) is 0 Å². The number of nitrogen functional groups attached to an aromatic ring is 1. The van der Waals surface area contributed by atoms with E-state index in [4.69, 9.17) is 33.7 Å². The van der Waals surface area contributed by atoms with Gasteiger partial charge in [-0.05, 0) is 12.1 Å². The number of nitrogens with two attached hydrogens (primary N) is 1. The molecule has 0 aromatic heterocycles. The second-order valence-electron chi connectivity index (χ2n) is 2.61. The molecular weight excluding hydrogens is 225 g/mol. The van der Waals surface area contributed by atoms with Crippen molar-refractivity contribution in [2.75, 3.05) is 12.8 Å². The lowest BCUT2D eigenvalue weighted by atomic mass is 10.1. The van der Waals surface area contributed by atoms with E-state index in [0.717, 1.165) is 0 Å². The van der Waals surface area contributed by atoms with Gasteiger partial charge in [-0.25, -0.2) is 0 Å². The van der Waals surface area contributed by atoms with E-state index in [9.17, 15) is 4.79 Å². The molecule has 76 valence electrons. The van der Waals surface area contributed by atoms with Crippen molar-refractivity contribution in [3.05, 3.63) is 22.7 Å². The molecule has 0 amide bonds. The number of hydrogen-bond acceptors (Lipinski definition) is 3. The van der Waals surface area contributed by atoms with Crippen LogP contribution in [0.1, 0.15) is 10.9 Å². The number of carbonyl (C=O) groups excluding carboxylic acids is 1. The number of methoxy groups -OCH3 is 1. The summed E-state index contributed by atoms with van der Waals surface area (Å²) < 4.78 is 5.02. The summed E-state index contributed by atoms with van der Waals surface area (Å²) in [6.45, 7) is 0. The van der Waals surface area contributed by atoms with Gasteiger partial charge in [0.05, 0.1) is 17.8 Å². The fourth-order valence-electron chi connectivity index (χ4n) is 1.12. The number of anilines is 1. The number of hydrogen-bond donors (Lipinski definition) is 1. The maximum atomic E-state index is 10.6. The number of alkyl halides is 1. The zero-order valence-electron chi connectivity index (χ0n) is 7.46. The van der Waals surface area contributed by atoms with Crippen LogP contribution in [0.4, 0.5) is 5.69 Å². The summed E-state index contributed by atoms with van der Waals surface area (Å²) in [6, 6.07) is 3.21. The summed E-state index contributed by atoms with van der Waals surface area (Å²) in [5.41, 5.74) is 6.37. The summed E-state index contributed by atoms with van der Waals surface area (Å²) in [4.78, 5) is 10.6. The van der Waals surface area contributed by atoms with Gasteiger partial charge in [-0.3, -0.25) is 0 Å². The van der Waals surface area contributed by atoms with Crippen molar-refractivity contribution in [3.8, 4) is 5.75 Å². The van der Waals surface area contributed by atoms with Crippen molar-refractivity contribution in [1.29, 1.82) is 0 Å². The van der Waals surface area contributed by atoms with Crippen LogP contribution in [0, 0.1) is 0 Å². The van der Waals surface area contributed by atoms with Crippen LogP contribution in [0.5, 0.6) is 5.75 Å². The van der Waals surface area contributed by atoms with Gasteiger partial charge in [0.1, 0.15) is 17.4 Å². The first kappa shape index (κ1) is 11.1. The zero-order chi connectivity index (χ0) is 10.7. The van der Waals surface area contributed by atoms with Gasteiger partial charge >= 0.3 is 0 Å². The Morgan fingerprint density at radius 3 is 2.71 bits per heavy atom. The Hall–Kier alpha value is -0.930. The summed E-state index contributed by atoms with van der Waals surface area (Å²) >= 11 is 11.6. The van der Waals surface area contributed by atoms with E-state index in [1.54, 1.807) is 12.1 Å². The molecule has 14 heavy (non-hydrogen) atoms. The Labute approximate surface area is 91.7 Å². The van der Waals surface area contributed by atoms with Crippen LogP contribution in [0.2, 0.25) is 5.02 Å². The number of ether oxygens (including phenoxy) is 1. The predicted octanol–water partition coefficient (Wildman–Crippen LogP) is 2.41. The maximum Gasteiger partial charge on any atom is 0.142 e. The summed E-state index contributed by atoms with van der Waals surface area (Å²) in [5, 5.41) is -0.489. The highest BCUT2D eigenvalue weighted by Crippen LogP contribution is 2.37. The van der Waals surface area contributed by atoms with Crippen molar-refractivity contribution in [2.45, 2.75) is 5.38 Å². The van der Waals surface area contributed by atoms with E-state index in [0.29, 0.717) is 22.6 Å². The Balaban J connectivity index is 3.34. The number of aldehydes is 1. The SMILES string of the molecule is COc1ccc(Cl)c(N)c1C(Cl)C=O. The van der Waals surface area contributed by atoms with Crippen molar-refractivity contribution < 1.29 is 9.53 Å². The molecule has 5 heteroatoms. The minimum atomic E-state index is -0.844. The molecule has 2 N–H and O–H groups in total. The van der Waals surface area contributed by atoms with Gasteiger partial charge in [0, 0.05) is 5.56 Å². The molecular formula is C9H9Cl2NO2. The Morgan fingerprint density at radius 1 is 1.57 bits per heavy atom. The third-order valence-corrected chi connectivity index (χ3v) is 2.46. The third-order valence-electron chi connectivity index (χ3n) is 1.81. The van der Waals surface area contributed by atoms with Crippen LogP contribution < -0.4 is 10.5 Å². The molecule has 1 rings (SSSR count). The lowest BCUT2D eigenvalue weighted by molar-refractivity contribution is -0.107. The van der Waals surface area contributed by atoms with E-state index < -0.39 is 5.38 Å². The van der Waals surface area contributed by atoms with Crippen molar-refractivity contribution in [3.63, 3.8) is 0 Å². The highest BCUT2D eigenvalue weighted by molar-refractivity contribution is 6.34. The molecule has 0 saturated heterocycles. The molecule has 1 unspecified atom stereocenters. The first-order chi connectivity index (χ1) is 6.61. The van der Waals surface area contributed by atoms with Gasteiger partial charge in [-0.1, -0.05) is 11.6 Å². The zero-order valence-corrected chi connectivity index (χ0v) is 8.97.